The van der Waals surface area contributed by atoms with Gasteiger partial charge in [0, 0.05) is 10.0 Å². The second kappa shape index (κ2) is 5.85. The summed E-state index contributed by atoms with van der Waals surface area (Å²) in [5.74, 6) is 0. The van der Waals surface area contributed by atoms with Crippen molar-refractivity contribution in [2.45, 2.75) is 12.6 Å². The summed E-state index contributed by atoms with van der Waals surface area (Å²) in [6.07, 6.45) is 0.0949. The van der Waals surface area contributed by atoms with Crippen molar-refractivity contribution in [3.05, 3.63) is 40.1 Å². The molecule has 0 aliphatic heterocycles. The topological polar surface area (TPSA) is 92.9 Å². The highest BCUT2D eigenvalue weighted by Crippen LogP contribution is 2.27. The minimum Gasteiger partial charge on any atom is -0.465 e. The number of nitrogens with zero attached hydrogens (tertiary/aromatic N) is 4. The van der Waals surface area contributed by atoms with Gasteiger partial charge in [-0.1, -0.05) is 29.3 Å². The molecule has 0 radical (unpaired) electrons. The number of nitrogens with one attached hydrogen (secondary N) is 1. The summed E-state index contributed by atoms with van der Waals surface area (Å²) in [4.78, 5) is 12.1. The van der Waals surface area contributed by atoms with E-state index >= 15 is 0 Å². The quantitative estimate of drug-likeness (QED) is 0.901. The lowest BCUT2D eigenvalue weighted by Crippen LogP contribution is -2.31. The largest absolute Gasteiger partial charge is 0.465 e. The third-order valence-corrected chi connectivity index (χ3v) is 2.94. The number of amides is 1. The number of benzene rings is 1. The summed E-state index contributed by atoms with van der Waals surface area (Å²) in [5.41, 5.74) is 0.589. The summed E-state index contributed by atoms with van der Waals surface area (Å²) in [6.45, 7) is 0.174. The van der Waals surface area contributed by atoms with Gasteiger partial charge in [0.25, 0.3) is 0 Å². The van der Waals surface area contributed by atoms with Gasteiger partial charge in [0.1, 0.15) is 0 Å². The molecule has 1 atom stereocenters. The van der Waals surface area contributed by atoms with E-state index in [1.165, 1.54) is 11.1 Å². The minimum atomic E-state index is -1.17. The Morgan fingerprint density at radius 1 is 1.47 bits per heavy atom. The van der Waals surface area contributed by atoms with Crippen LogP contribution >= 0.6 is 23.2 Å². The lowest BCUT2D eigenvalue weighted by atomic mass is 10.1. The van der Waals surface area contributed by atoms with Crippen molar-refractivity contribution in [1.82, 2.24) is 25.5 Å². The number of carbonyl (C=O) groups is 1. The monoisotopic (exact) mass is 301 g/mol. The minimum absolute atomic E-state index is 0.174. The van der Waals surface area contributed by atoms with Crippen LogP contribution in [0.3, 0.4) is 0 Å². The Morgan fingerprint density at radius 3 is 2.84 bits per heavy atom. The number of aromatic nitrogens is 4. The van der Waals surface area contributed by atoms with Crippen LogP contribution in [0.2, 0.25) is 10.0 Å². The van der Waals surface area contributed by atoms with Crippen LogP contribution in [0.4, 0.5) is 4.79 Å². The zero-order valence-corrected chi connectivity index (χ0v) is 11.0. The molecule has 0 aliphatic rings. The number of carboxylic acid groups (broad SMARTS) is 1. The average molecular weight is 302 g/mol. The molecule has 0 saturated heterocycles. The third kappa shape index (κ3) is 3.55. The Balaban J connectivity index is 2.28. The molecule has 2 rings (SSSR count). The SMILES string of the molecule is O=C(O)N[C@@H](Cn1ncnn1)c1ccc(Cl)cc1Cl. The smallest absolute Gasteiger partial charge is 0.405 e. The lowest BCUT2D eigenvalue weighted by molar-refractivity contribution is 0.187. The van der Waals surface area contributed by atoms with E-state index in [-0.39, 0.29) is 6.54 Å². The number of tetrazole rings is 1. The van der Waals surface area contributed by atoms with E-state index in [9.17, 15) is 4.79 Å². The molecule has 2 aromatic rings. The fraction of sp³-hybridized carbons (Fsp3) is 0.200. The van der Waals surface area contributed by atoms with Crippen LogP contribution < -0.4 is 5.32 Å². The van der Waals surface area contributed by atoms with Gasteiger partial charge in [0.05, 0.1) is 12.6 Å². The third-order valence-electron chi connectivity index (χ3n) is 2.37. The van der Waals surface area contributed by atoms with Crippen LogP contribution in [0.15, 0.2) is 24.5 Å². The van der Waals surface area contributed by atoms with Gasteiger partial charge >= 0.3 is 6.09 Å². The number of halogens is 2. The molecule has 100 valence electrons. The van der Waals surface area contributed by atoms with Crippen LogP contribution in [0.5, 0.6) is 0 Å². The number of hydrogen-bond donors (Lipinski definition) is 2. The highest BCUT2D eigenvalue weighted by atomic mass is 35.5. The molecule has 0 aliphatic carbocycles. The Bertz CT molecular complexity index is 575. The van der Waals surface area contributed by atoms with Crippen molar-refractivity contribution in [3.8, 4) is 0 Å². The highest BCUT2D eigenvalue weighted by molar-refractivity contribution is 6.35. The van der Waals surface area contributed by atoms with E-state index in [1.807, 2.05) is 0 Å². The number of hydrogen-bond acceptors (Lipinski definition) is 4. The Morgan fingerprint density at radius 2 is 2.26 bits per heavy atom. The van der Waals surface area contributed by atoms with Gasteiger partial charge in [0.2, 0.25) is 0 Å². The molecule has 2 N–H and O–H groups in total. The van der Waals surface area contributed by atoms with Crippen LogP contribution in [-0.2, 0) is 6.54 Å². The van der Waals surface area contributed by atoms with Crippen molar-refractivity contribution in [1.29, 1.82) is 0 Å². The normalized spacial score (nSPS) is 12.1. The summed E-state index contributed by atoms with van der Waals surface area (Å²) < 4.78 is 0. The number of rotatable bonds is 4. The van der Waals surface area contributed by atoms with Gasteiger partial charge < -0.3 is 10.4 Å². The maximum Gasteiger partial charge on any atom is 0.405 e. The van der Waals surface area contributed by atoms with Crippen LogP contribution in [0.25, 0.3) is 0 Å². The molecule has 7 nitrogen and oxygen atoms in total. The van der Waals surface area contributed by atoms with Crippen LogP contribution in [0, 0.1) is 0 Å². The van der Waals surface area contributed by atoms with Crippen molar-refractivity contribution in [2.24, 2.45) is 0 Å². The predicted octanol–water partition coefficient (Wildman–Crippen LogP) is 1.99. The second-order valence-corrected chi connectivity index (χ2v) is 4.50. The molecule has 19 heavy (non-hydrogen) atoms. The van der Waals surface area contributed by atoms with Gasteiger partial charge in [-0.25, -0.2) is 4.79 Å². The molecule has 1 aromatic carbocycles. The maximum absolute atomic E-state index is 10.8. The van der Waals surface area contributed by atoms with E-state index in [2.05, 4.69) is 20.7 Å². The zero-order valence-electron chi connectivity index (χ0n) is 9.49. The molecule has 9 heteroatoms. The maximum atomic E-state index is 10.8. The van der Waals surface area contributed by atoms with Crippen molar-refractivity contribution in [3.63, 3.8) is 0 Å². The first-order valence-corrected chi connectivity index (χ1v) is 5.97. The zero-order chi connectivity index (χ0) is 13.8. The Kier molecular flexibility index (Phi) is 4.18. The van der Waals surface area contributed by atoms with Crippen LogP contribution in [0.1, 0.15) is 11.6 Å². The van der Waals surface area contributed by atoms with Gasteiger partial charge in [0.15, 0.2) is 6.33 Å². The van der Waals surface area contributed by atoms with E-state index in [0.29, 0.717) is 15.6 Å². The standard InChI is InChI=1S/C10H9Cl2N5O2/c11-6-1-2-7(8(12)3-6)9(15-10(18)19)4-17-14-5-13-16-17/h1-3,5,9,15H,4H2,(H,18,19)/t9-/m0/s1. The Labute approximate surface area is 118 Å². The van der Waals surface area contributed by atoms with E-state index in [0.717, 1.165) is 0 Å². The van der Waals surface area contributed by atoms with Crippen molar-refractivity contribution in [2.75, 3.05) is 0 Å². The fourth-order valence-electron chi connectivity index (χ4n) is 1.59. The van der Waals surface area contributed by atoms with E-state index in [4.69, 9.17) is 28.3 Å². The van der Waals surface area contributed by atoms with Gasteiger partial charge in [-0.05, 0) is 22.9 Å². The lowest BCUT2D eigenvalue weighted by Gasteiger charge is -2.17. The summed E-state index contributed by atoms with van der Waals surface area (Å²) in [7, 11) is 0. The molecule has 0 unspecified atom stereocenters. The van der Waals surface area contributed by atoms with E-state index in [1.54, 1.807) is 18.2 Å². The molecule has 0 saturated carbocycles. The van der Waals surface area contributed by atoms with Crippen molar-refractivity contribution >= 4 is 29.3 Å². The van der Waals surface area contributed by atoms with E-state index < -0.39 is 12.1 Å². The average Bonchev–Trinajstić information content (AvgIpc) is 2.80. The summed E-state index contributed by atoms with van der Waals surface area (Å²) >= 11 is 11.9. The van der Waals surface area contributed by atoms with Gasteiger partial charge in [-0.2, -0.15) is 4.80 Å². The molecule has 1 amide bonds. The van der Waals surface area contributed by atoms with Gasteiger partial charge in [-0.15, -0.1) is 10.2 Å². The highest BCUT2D eigenvalue weighted by Gasteiger charge is 2.18. The van der Waals surface area contributed by atoms with Crippen LogP contribution in [-0.4, -0.2) is 31.4 Å². The Hall–Kier alpha value is -1.86. The molecule has 0 fully saturated rings. The first kappa shape index (κ1) is 13.6. The first-order valence-electron chi connectivity index (χ1n) is 5.21. The predicted molar refractivity (Wildman–Crippen MR) is 68.2 cm³/mol. The molecular weight excluding hydrogens is 293 g/mol. The molecule has 0 bridgehead atoms. The summed E-state index contributed by atoms with van der Waals surface area (Å²) in [5, 5.41) is 23.1. The molecule has 1 aromatic heterocycles. The summed E-state index contributed by atoms with van der Waals surface area (Å²) in [6, 6.07) is 4.23. The molecule has 0 spiro atoms. The molecule has 1 heterocycles. The first-order chi connectivity index (χ1) is 9.06. The molecular formula is C10H9Cl2N5O2. The van der Waals surface area contributed by atoms with Crippen molar-refractivity contribution < 1.29 is 9.90 Å². The fourth-order valence-corrected chi connectivity index (χ4v) is 2.13. The van der Waals surface area contributed by atoms with Gasteiger partial charge in [-0.3, -0.25) is 0 Å². The second-order valence-electron chi connectivity index (χ2n) is 3.66.